The normalized spacial score (nSPS) is 23.1. The molecule has 2 aromatic carbocycles. The molecule has 1 fully saturated rings. The van der Waals surface area contributed by atoms with Crippen LogP contribution in [0.5, 0.6) is 5.75 Å². The van der Waals surface area contributed by atoms with Gasteiger partial charge in [0.15, 0.2) is 0 Å². The summed E-state index contributed by atoms with van der Waals surface area (Å²) in [5.41, 5.74) is 3.11. The maximum absolute atomic E-state index is 13.2. The highest BCUT2D eigenvalue weighted by Crippen LogP contribution is 2.46. The lowest BCUT2D eigenvalue weighted by Gasteiger charge is -2.44. The molecule has 13 nitrogen and oxygen atoms in total. The molecule has 0 radical (unpaired) electrons. The molecule has 0 aromatic heterocycles. The first-order valence-electron chi connectivity index (χ1n) is 23.6. The average Bonchev–Trinajstić information content (AvgIpc) is 3.27. The van der Waals surface area contributed by atoms with Crippen LogP contribution >= 0.6 is 21.6 Å². The fourth-order valence-electron chi connectivity index (χ4n) is 8.49. The molecule has 67 heavy (non-hydrogen) atoms. The Morgan fingerprint density at radius 2 is 1.54 bits per heavy atom. The van der Waals surface area contributed by atoms with Gasteiger partial charge in [-0.2, -0.15) is 0 Å². The van der Waals surface area contributed by atoms with Crippen LogP contribution in [-0.2, 0) is 49.8 Å². The van der Waals surface area contributed by atoms with Gasteiger partial charge in [0.2, 0.25) is 0 Å². The Hall–Kier alpha value is -4.63. The second-order valence-electron chi connectivity index (χ2n) is 19.5. The number of hydrogen-bond donors (Lipinski definition) is 1. The van der Waals surface area contributed by atoms with E-state index in [9.17, 15) is 29.1 Å². The summed E-state index contributed by atoms with van der Waals surface area (Å²) in [4.78, 5) is 62.5. The highest BCUT2D eigenvalue weighted by Gasteiger charge is 2.43. The van der Waals surface area contributed by atoms with Gasteiger partial charge in [-0.25, -0.2) is 14.4 Å². The summed E-state index contributed by atoms with van der Waals surface area (Å²) < 4.78 is 39.7. The molecule has 15 heteroatoms. The smallest absolute Gasteiger partial charge is 0.490 e. The summed E-state index contributed by atoms with van der Waals surface area (Å²) in [6, 6.07) is 14.4. The molecule has 3 unspecified atom stereocenters. The number of hydrogen-bond acceptors (Lipinski definition) is 14. The van der Waals surface area contributed by atoms with Crippen molar-refractivity contribution in [1.29, 1.82) is 0 Å². The molecular weight excluding hydrogens is 897 g/mol. The number of rotatable bonds is 22. The van der Waals surface area contributed by atoms with Gasteiger partial charge >= 0.3 is 30.2 Å². The zero-order valence-electron chi connectivity index (χ0n) is 40.3. The minimum Gasteiger partial charge on any atom is -0.490 e. The van der Waals surface area contributed by atoms with Crippen molar-refractivity contribution in [3.63, 3.8) is 0 Å². The van der Waals surface area contributed by atoms with Crippen LogP contribution in [0.15, 0.2) is 72.3 Å². The van der Waals surface area contributed by atoms with E-state index < -0.39 is 48.0 Å². The van der Waals surface area contributed by atoms with Crippen LogP contribution < -0.4 is 4.74 Å². The quantitative estimate of drug-likeness (QED) is 0.0511. The zero-order chi connectivity index (χ0) is 48.7. The summed E-state index contributed by atoms with van der Waals surface area (Å²) in [6.45, 7) is 16.9. The van der Waals surface area contributed by atoms with E-state index in [0.29, 0.717) is 49.4 Å². The third-order valence-electron chi connectivity index (χ3n) is 12.8. The second kappa shape index (κ2) is 25.1. The van der Waals surface area contributed by atoms with Crippen LogP contribution in [0, 0.1) is 29.1 Å². The fraction of sp³-hybridized carbons (Fsp3) is 0.596. The molecule has 2 aromatic rings. The van der Waals surface area contributed by atoms with E-state index in [2.05, 4.69) is 77.1 Å². The SMILES string of the molecule is CCC(C)(C)C(=O)OC1CC(C)C=C2C=C[C@H](C)[C@H](CC[C@@H]3C[C@@H](OC(=O)OCCSSCCOC(=O)OC(CCc4ccc(C(C)(C)C)cc4)COc4ccc(C(=O)O)cc4)CC(=O)O3)[C@H]21. The Kier molecular flexibility index (Phi) is 20.0. The maximum Gasteiger partial charge on any atom is 0.508 e. The predicted octanol–water partition coefficient (Wildman–Crippen LogP) is 11.4. The minimum absolute atomic E-state index is 0.0285. The molecule has 0 amide bonds. The van der Waals surface area contributed by atoms with Crippen molar-refractivity contribution in [1.82, 2.24) is 0 Å². The largest absolute Gasteiger partial charge is 0.508 e. The molecule has 1 aliphatic heterocycles. The molecule has 0 spiro atoms. The van der Waals surface area contributed by atoms with E-state index in [-0.39, 0.29) is 73.0 Å². The number of carboxylic acid groups (broad SMARTS) is 1. The van der Waals surface area contributed by atoms with E-state index >= 15 is 0 Å². The van der Waals surface area contributed by atoms with Crippen molar-refractivity contribution in [2.24, 2.45) is 29.1 Å². The average molecular weight is 967 g/mol. The predicted molar refractivity (Wildman–Crippen MR) is 259 cm³/mol. The maximum atomic E-state index is 13.2. The number of carboxylic acids is 1. The molecule has 8 atom stereocenters. The summed E-state index contributed by atoms with van der Waals surface area (Å²) in [6.07, 6.45) is 7.33. The molecule has 1 saturated heterocycles. The summed E-state index contributed by atoms with van der Waals surface area (Å²) in [5, 5.41) is 9.20. The van der Waals surface area contributed by atoms with Crippen molar-refractivity contribution in [2.45, 2.75) is 137 Å². The monoisotopic (exact) mass is 966 g/mol. The van der Waals surface area contributed by atoms with Crippen molar-refractivity contribution in [3.05, 3.63) is 89.0 Å². The zero-order valence-corrected chi connectivity index (χ0v) is 42.0. The first kappa shape index (κ1) is 53.3. The van der Waals surface area contributed by atoms with Gasteiger partial charge in [0.1, 0.15) is 50.0 Å². The van der Waals surface area contributed by atoms with Crippen LogP contribution in [0.1, 0.15) is 122 Å². The van der Waals surface area contributed by atoms with Crippen LogP contribution in [0.25, 0.3) is 0 Å². The second-order valence-corrected chi connectivity index (χ2v) is 22.2. The minimum atomic E-state index is -1.04. The van der Waals surface area contributed by atoms with Crippen LogP contribution in [0.2, 0.25) is 0 Å². The molecule has 2 aliphatic carbocycles. The van der Waals surface area contributed by atoms with Crippen LogP contribution in [0.4, 0.5) is 9.59 Å². The van der Waals surface area contributed by atoms with Crippen LogP contribution in [0.3, 0.4) is 0 Å². The highest BCUT2D eigenvalue weighted by atomic mass is 33.1. The van der Waals surface area contributed by atoms with E-state index in [1.165, 1.54) is 44.9 Å². The van der Waals surface area contributed by atoms with E-state index in [0.717, 1.165) is 18.4 Å². The molecular formula is C52H70O13S2. The van der Waals surface area contributed by atoms with Gasteiger partial charge in [-0.05, 0) is 117 Å². The Morgan fingerprint density at radius 3 is 2.18 bits per heavy atom. The summed E-state index contributed by atoms with van der Waals surface area (Å²) >= 11 is 0. The van der Waals surface area contributed by atoms with Crippen molar-refractivity contribution in [3.8, 4) is 5.75 Å². The highest BCUT2D eigenvalue weighted by molar-refractivity contribution is 8.76. The number of esters is 2. The number of fused-ring (bicyclic) bond motifs is 1. The Morgan fingerprint density at radius 1 is 0.866 bits per heavy atom. The topological polar surface area (TPSA) is 170 Å². The molecule has 1 N–H and O–H groups in total. The van der Waals surface area contributed by atoms with Crippen molar-refractivity contribution in [2.75, 3.05) is 31.3 Å². The van der Waals surface area contributed by atoms with E-state index in [1.54, 1.807) is 12.1 Å². The summed E-state index contributed by atoms with van der Waals surface area (Å²) in [7, 11) is 2.89. The number of aryl methyl sites for hydroxylation is 1. The first-order chi connectivity index (χ1) is 31.8. The van der Waals surface area contributed by atoms with Crippen molar-refractivity contribution >= 4 is 51.8 Å². The van der Waals surface area contributed by atoms with Crippen molar-refractivity contribution < 1.29 is 62.2 Å². The number of carbonyl (C=O) groups excluding carboxylic acids is 4. The Balaban J connectivity index is 0.994. The molecule has 5 rings (SSSR count). The fourth-order valence-corrected chi connectivity index (χ4v) is 10.1. The standard InChI is InChI=1S/C52H70O13S2/c1-9-52(7,8)48(56)65-44-29-33(2)28-37-14-10-34(3)43(46(37)44)23-22-40-30-42(31-45(53)62-40)64-50(58)60-25-27-67-66-26-24-59-49(57)63-41(32-61-39-20-15-36(16-21-39)47(54)55)19-13-35-11-17-38(18-12-35)51(4,5)6/h10-12,14-18,20-21,28,33-34,40-44,46H,9,13,19,22-27,29-32H2,1-8H3,(H,54,55)/t33?,34-,40+,41?,42+,43-,44?,46-/m0/s1. The van der Waals surface area contributed by atoms with Gasteiger partial charge < -0.3 is 38.3 Å². The number of ether oxygens (including phenoxy) is 7. The molecule has 1 heterocycles. The lowest BCUT2D eigenvalue weighted by atomic mass is 9.65. The van der Waals surface area contributed by atoms with E-state index in [1.807, 2.05) is 20.8 Å². The van der Waals surface area contributed by atoms with Gasteiger partial charge in [0.05, 0.1) is 17.4 Å². The Labute approximate surface area is 404 Å². The van der Waals surface area contributed by atoms with Gasteiger partial charge in [-0.1, -0.05) is 106 Å². The number of carbonyl (C=O) groups is 5. The van der Waals surface area contributed by atoms with Gasteiger partial charge in [0.25, 0.3) is 0 Å². The van der Waals surface area contributed by atoms with Crippen LogP contribution in [-0.4, -0.2) is 91.1 Å². The van der Waals surface area contributed by atoms with Gasteiger partial charge in [0, 0.05) is 23.8 Å². The van der Waals surface area contributed by atoms with E-state index in [4.69, 9.17) is 33.2 Å². The lowest BCUT2D eigenvalue weighted by molar-refractivity contribution is -0.166. The molecule has 0 bridgehead atoms. The lowest BCUT2D eigenvalue weighted by Crippen LogP contribution is -2.43. The number of cyclic esters (lactones) is 1. The van der Waals surface area contributed by atoms with Gasteiger partial charge in [-0.3, -0.25) is 9.59 Å². The molecule has 3 aliphatic rings. The summed E-state index contributed by atoms with van der Waals surface area (Å²) in [5.74, 6) is 0.501. The first-order valence-corrected chi connectivity index (χ1v) is 26.1. The number of aromatic carboxylic acids is 1. The Bertz CT molecular complexity index is 2020. The molecule has 368 valence electrons. The number of benzene rings is 2. The number of allylic oxidation sites excluding steroid dienone is 3. The third kappa shape index (κ3) is 16.8. The van der Waals surface area contributed by atoms with Gasteiger partial charge in [-0.15, -0.1) is 0 Å². The molecule has 0 saturated carbocycles. The third-order valence-corrected chi connectivity index (χ3v) is 15.2.